The maximum atomic E-state index is 13.0. The predicted octanol–water partition coefficient (Wildman–Crippen LogP) is 2.12. The molecule has 0 spiro atoms. The summed E-state index contributed by atoms with van der Waals surface area (Å²) in [7, 11) is 0. The van der Waals surface area contributed by atoms with Gasteiger partial charge in [0, 0.05) is 18.0 Å². The Morgan fingerprint density at radius 1 is 1.12 bits per heavy atom. The molecule has 6 heteroatoms. The molecule has 1 aromatic heterocycles. The monoisotopic (exact) mass is 236 g/mol. The second-order valence-electron chi connectivity index (χ2n) is 3.19. The molecule has 0 saturated carbocycles. The normalized spacial score (nSPS) is 10.2. The van der Waals surface area contributed by atoms with Gasteiger partial charge in [-0.15, -0.1) is 0 Å². The van der Waals surface area contributed by atoms with Gasteiger partial charge >= 0.3 is 5.97 Å². The third-order valence-corrected chi connectivity index (χ3v) is 2.09. The van der Waals surface area contributed by atoms with Gasteiger partial charge in [0.2, 0.25) is 0 Å². The van der Waals surface area contributed by atoms with Crippen molar-refractivity contribution in [1.29, 1.82) is 0 Å². The van der Waals surface area contributed by atoms with Crippen molar-refractivity contribution >= 4 is 5.97 Å². The fourth-order valence-corrected chi connectivity index (χ4v) is 1.35. The van der Waals surface area contributed by atoms with Crippen LogP contribution in [0.2, 0.25) is 0 Å². The number of nitrogens with zero attached hydrogens (tertiary/aromatic N) is 2. The van der Waals surface area contributed by atoms with Crippen LogP contribution in [0.5, 0.6) is 0 Å². The van der Waals surface area contributed by atoms with Crippen LogP contribution in [0.25, 0.3) is 11.3 Å². The van der Waals surface area contributed by atoms with E-state index < -0.39 is 17.6 Å². The van der Waals surface area contributed by atoms with Crippen LogP contribution in [0.4, 0.5) is 8.78 Å². The Morgan fingerprint density at radius 3 is 2.47 bits per heavy atom. The Labute approximate surface area is 94.6 Å². The van der Waals surface area contributed by atoms with Gasteiger partial charge < -0.3 is 5.11 Å². The van der Waals surface area contributed by atoms with Gasteiger partial charge in [0.25, 0.3) is 0 Å². The van der Waals surface area contributed by atoms with Gasteiger partial charge in [-0.05, 0) is 18.2 Å². The maximum absolute atomic E-state index is 13.0. The minimum absolute atomic E-state index is 0.00102. The zero-order chi connectivity index (χ0) is 12.4. The quantitative estimate of drug-likeness (QED) is 0.867. The van der Waals surface area contributed by atoms with E-state index in [1.807, 2.05) is 0 Å². The van der Waals surface area contributed by atoms with Crippen molar-refractivity contribution in [2.24, 2.45) is 0 Å². The fourth-order valence-electron chi connectivity index (χ4n) is 1.35. The summed E-state index contributed by atoms with van der Waals surface area (Å²) in [5, 5.41) is 8.88. The van der Waals surface area contributed by atoms with Crippen LogP contribution in [0.15, 0.2) is 30.6 Å². The molecule has 0 atom stereocenters. The van der Waals surface area contributed by atoms with Gasteiger partial charge in [0.1, 0.15) is 5.69 Å². The average molecular weight is 236 g/mol. The SMILES string of the molecule is O=C(O)c1nccnc1-c1ccc(F)c(F)c1. The number of carboxylic acid groups (broad SMARTS) is 1. The largest absolute Gasteiger partial charge is 0.476 e. The minimum Gasteiger partial charge on any atom is -0.476 e. The summed E-state index contributed by atoms with van der Waals surface area (Å²) < 4.78 is 25.8. The molecule has 0 fully saturated rings. The molecule has 2 rings (SSSR count). The maximum Gasteiger partial charge on any atom is 0.356 e. The summed E-state index contributed by atoms with van der Waals surface area (Å²) >= 11 is 0. The van der Waals surface area contributed by atoms with E-state index in [-0.39, 0.29) is 17.0 Å². The highest BCUT2D eigenvalue weighted by Gasteiger charge is 2.15. The third kappa shape index (κ3) is 2.10. The molecule has 0 aliphatic carbocycles. The number of hydrogen-bond acceptors (Lipinski definition) is 3. The van der Waals surface area contributed by atoms with E-state index in [2.05, 4.69) is 9.97 Å². The fraction of sp³-hybridized carbons (Fsp3) is 0. The molecule has 0 radical (unpaired) electrons. The van der Waals surface area contributed by atoms with Crippen molar-refractivity contribution in [3.63, 3.8) is 0 Å². The molecule has 0 saturated heterocycles. The summed E-state index contributed by atoms with van der Waals surface area (Å²) in [6.45, 7) is 0. The number of hydrogen-bond donors (Lipinski definition) is 1. The Morgan fingerprint density at radius 2 is 1.82 bits per heavy atom. The van der Waals surface area contributed by atoms with Crippen molar-refractivity contribution in [3.8, 4) is 11.3 Å². The van der Waals surface area contributed by atoms with Gasteiger partial charge in [0.05, 0.1) is 0 Å². The summed E-state index contributed by atoms with van der Waals surface area (Å²) in [5.41, 5.74) is -0.146. The van der Waals surface area contributed by atoms with Crippen LogP contribution in [-0.4, -0.2) is 21.0 Å². The number of aromatic carboxylic acids is 1. The molecule has 0 unspecified atom stereocenters. The van der Waals surface area contributed by atoms with Gasteiger partial charge in [-0.1, -0.05) is 0 Å². The highest BCUT2D eigenvalue weighted by molar-refractivity contribution is 5.92. The van der Waals surface area contributed by atoms with Gasteiger partial charge in [0.15, 0.2) is 17.3 Å². The first-order chi connectivity index (χ1) is 8.09. The molecular weight excluding hydrogens is 230 g/mol. The Bertz CT molecular complexity index is 587. The van der Waals surface area contributed by atoms with Crippen LogP contribution < -0.4 is 0 Å². The van der Waals surface area contributed by atoms with E-state index in [1.165, 1.54) is 18.5 Å². The van der Waals surface area contributed by atoms with Crippen molar-refractivity contribution in [1.82, 2.24) is 9.97 Å². The molecule has 4 nitrogen and oxygen atoms in total. The van der Waals surface area contributed by atoms with Crippen molar-refractivity contribution in [3.05, 3.63) is 47.9 Å². The lowest BCUT2D eigenvalue weighted by Crippen LogP contribution is -2.04. The summed E-state index contributed by atoms with van der Waals surface area (Å²) in [4.78, 5) is 18.3. The van der Waals surface area contributed by atoms with Crippen molar-refractivity contribution in [2.75, 3.05) is 0 Å². The van der Waals surface area contributed by atoms with Crippen LogP contribution >= 0.6 is 0 Å². The zero-order valence-corrected chi connectivity index (χ0v) is 8.39. The number of rotatable bonds is 2. The molecule has 0 bridgehead atoms. The van der Waals surface area contributed by atoms with Crippen LogP contribution in [0, 0.1) is 11.6 Å². The first-order valence-electron chi connectivity index (χ1n) is 4.59. The van der Waals surface area contributed by atoms with E-state index in [0.717, 1.165) is 12.1 Å². The first-order valence-corrected chi connectivity index (χ1v) is 4.59. The average Bonchev–Trinajstić information content (AvgIpc) is 2.32. The molecule has 0 aliphatic rings. The lowest BCUT2D eigenvalue weighted by Gasteiger charge is -2.04. The van der Waals surface area contributed by atoms with Gasteiger partial charge in [-0.2, -0.15) is 0 Å². The summed E-state index contributed by atoms with van der Waals surface area (Å²) in [6.07, 6.45) is 2.50. The second kappa shape index (κ2) is 4.25. The molecule has 2 aromatic rings. The molecule has 17 heavy (non-hydrogen) atoms. The van der Waals surface area contributed by atoms with Crippen LogP contribution in [0.1, 0.15) is 10.5 Å². The van der Waals surface area contributed by atoms with Crippen LogP contribution in [0.3, 0.4) is 0 Å². The summed E-state index contributed by atoms with van der Waals surface area (Å²) in [6, 6.07) is 3.03. The second-order valence-corrected chi connectivity index (χ2v) is 3.19. The van der Waals surface area contributed by atoms with Crippen LogP contribution in [-0.2, 0) is 0 Å². The Balaban J connectivity index is 2.60. The molecule has 0 aliphatic heterocycles. The van der Waals surface area contributed by atoms with Gasteiger partial charge in [-0.3, -0.25) is 4.98 Å². The standard InChI is InChI=1S/C11H6F2N2O2/c12-7-2-1-6(5-8(7)13)9-10(11(16)17)15-4-3-14-9/h1-5H,(H,16,17). The Kier molecular flexibility index (Phi) is 2.78. The van der Waals surface area contributed by atoms with E-state index >= 15 is 0 Å². The lowest BCUT2D eigenvalue weighted by atomic mass is 10.1. The van der Waals surface area contributed by atoms with E-state index in [0.29, 0.717) is 0 Å². The molecule has 0 amide bonds. The summed E-state index contributed by atoms with van der Waals surface area (Å²) in [5.74, 6) is -3.35. The molecular formula is C11H6F2N2O2. The topological polar surface area (TPSA) is 63.1 Å². The predicted molar refractivity (Wildman–Crippen MR) is 54.3 cm³/mol. The van der Waals surface area contributed by atoms with E-state index in [9.17, 15) is 13.6 Å². The smallest absolute Gasteiger partial charge is 0.356 e. The first kappa shape index (κ1) is 11.1. The number of halogens is 2. The van der Waals surface area contributed by atoms with Crippen molar-refractivity contribution in [2.45, 2.75) is 0 Å². The van der Waals surface area contributed by atoms with Gasteiger partial charge in [-0.25, -0.2) is 18.6 Å². The lowest BCUT2D eigenvalue weighted by molar-refractivity contribution is 0.0691. The van der Waals surface area contributed by atoms with Crippen molar-refractivity contribution < 1.29 is 18.7 Å². The highest BCUT2D eigenvalue weighted by Crippen LogP contribution is 2.21. The number of carbonyl (C=O) groups is 1. The molecule has 86 valence electrons. The molecule has 1 N–H and O–H groups in total. The van der Waals surface area contributed by atoms with E-state index in [4.69, 9.17) is 5.11 Å². The minimum atomic E-state index is -1.28. The number of aromatic nitrogens is 2. The number of benzene rings is 1. The molecule has 1 heterocycles. The number of carboxylic acids is 1. The van der Waals surface area contributed by atoms with E-state index in [1.54, 1.807) is 0 Å². The Hall–Kier alpha value is -2.37. The molecule has 1 aromatic carbocycles. The third-order valence-electron chi connectivity index (χ3n) is 2.09. The zero-order valence-electron chi connectivity index (χ0n) is 8.39. The highest BCUT2D eigenvalue weighted by atomic mass is 19.2.